The molecule has 1 aliphatic heterocycles. The predicted molar refractivity (Wildman–Crippen MR) is 144 cm³/mol. The van der Waals surface area contributed by atoms with E-state index in [2.05, 4.69) is 31.4 Å². The van der Waals surface area contributed by atoms with Gasteiger partial charge in [0.25, 0.3) is 11.7 Å². The van der Waals surface area contributed by atoms with Crippen LogP contribution in [0.25, 0.3) is 22.3 Å². The molecule has 1 saturated heterocycles. The molecule has 3 aromatic heterocycles. The molecule has 0 radical (unpaired) electrons. The number of likely N-dealkylation sites (tertiary alicyclic amines) is 1. The maximum atomic E-state index is 13.5. The number of aromatic nitrogens is 5. The van der Waals surface area contributed by atoms with Crippen LogP contribution in [0, 0.1) is 11.3 Å². The first-order valence-electron chi connectivity index (χ1n) is 12.6. The number of methoxy groups -OCH3 is 1. The number of pyridine rings is 1. The molecule has 0 bridgehead atoms. The summed E-state index contributed by atoms with van der Waals surface area (Å²) in [6.07, 6.45) is 5.38. The van der Waals surface area contributed by atoms with E-state index in [1.807, 2.05) is 30.3 Å². The van der Waals surface area contributed by atoms with Crippen molar-refractivity contribution in [2.45, 2.75) is 26.3 Å². The Labute approximate surface area is 229 Å². The van der Waals surface area contributed by atoms with Gasteiger partial charge in [0.15, 0.2) is 11.6 Å². The summed E-state index contributed by atoms with van der Waals surface area (Å²) in [5.74, 6) is -0.466. The van der Waals surface area contributed by atoms with Crippen molar-refractivity contribution in [3.05, 3.63) is 71.6 Å². The second-order valence-corrected chi connectivity index (χ2v) is 9.20. The molecule has 4 aromatic rings. The lowest BCUT2D eigenvalue weighted by Crippen LogP contribution is -2.40. The zero-order valence-corrected chi connectivity index (χ0v) is 22.0. The maximum absolute atomic E-state index is 13.5. The SMILES string of the molecule is COc1cnc(-n2cnc(CNC(C)=O)n2)c2[nH]cc(C(=O)C(=O)N3CCC(=C(C#N)c4ccccc4)CC3)c12. The Morgan fingerprint density at radius 2 is 1.90 bits per heavy atom. The number of hydrogen-bond acceptors (Lipinski definition) is 8. The van der Waals surface area contributed by atoms with Crippen molar-refractivity contribution in [2.75, 3.05) is 20.2 Å². The lowest BCUT2D eigenvalue weighted by atomic mass is 9.93. The fraction of sp³-hybridized carbons (Fsp3) is 0.250. The van der Waals surface area contributed by atoms with Crippen LogP contribution in [-0.2, 0) is 16.1 Å². The van der Waals surface area contributed by atoms with E-state index in [4.69, 9.17) is 4.74 Å². The largest absolute Gasteiger partial charge is 0.494 e. The average molecular weight is 539 g/mol. The van der Waals surface area contributed by atoms with Gasteiger partial charge >= 0.3 is 0 Å². The number of aromatic amines is 1. The van der Waals surface area contributed by atoms with Crippen LogP contribution in [-0.4, -0.2) is 67.4 Å². The van der Waals surface area contributed by atoms with Crippen LogP contribution in [0.4, 0.5) is 0 Å². The van der Waals surface area contributed by atoms with E-state index in [-0.39, 0.29) is 18.0 Å². The van der Waals surface area contributed by atoms with Gasteiger partial charge in [0.1, 0.15) is 12.1 Å². The standard InChI is InChI=1S/C28H26N8O4/c1-17(37)30-15-23-33-16-36(34-23)27-25-24(22(40-2)14-32-27)21(13-31-25)26(38)28(39)35-10-8-19(9-11-35)20(12-29)18-6-4-3-5-7-18/h3-7,13-14,16,31H,8-11,15H2,1-2H3,(H,30,37). The number of ether oxygens (including phenoxy) is 1. The second-order valence-electron chi connectivity index (χ2n) is 9.20. The number of fused-ring (bicyclic) bond motifs is 1. The average Bonchev–Trinajstić information content (AvgIpc) is 3.64. The number of piperidine rings is 1. The van der Waals surface area contributed by atoms with Gasteiger partial charge in [0.2, 0.25) is 5.91 Å². The fourth-order valence-electron chi connectivity index (χ4n) is 4.74. The van der Waals surface area contributed by atoms with Crippen LogP contribution < -0.4 is 10.1 Å². The minimum Gasteiger partial charge on any atom is -0.494 e. The molecule has 1 aromatic carbocycles. The monoisotopic (exact) mass is 538 g/mol. The van der Waals surface area contributed by atoms with Crippen molar-refractivity contribution >= 4 is 34.1 Å². The molecule has 0 spiro atoms. The molecule has 1 aliphatic rings. The summed E-state index contributed by atoms with van der Waals surface area (Å²) >= 11 is 0. The number of amides is 2. The Hall–Kier alpha value is -5.31. The molecule has 12 heteroatoms. The Bertz CT molecular complexity index is 1670. The Balaban J connectivity index is 1.39. The molecule has 0 saturated carbocycles. The van der Waals surface area contributed by atoms with Gasteiger partial charge in [-0.25, -0.2) is 14.6 Å². The van der Waals surface area contributed by atoms with Crippen molar-refractivity contribution in [2.24, 2.45) is 0 Å². The van der Waals surface area contributed by atoms with Crippen LogP contribution in [0.5, 0.6) is 5.75 Å². The van der Waals surface area contributed by atoms with Gasteiger partial charge < -0.3 is 19.9 Å². The quantitative estimate of drug-likeness (QED) is 0.206. The normalized spacial score (nSPS) is 13.1. The zero-order valence-electron chi connectivity index (χ0n) is 22.0. The van der Waals surface area contributed by atoms with Crippen LogP contribution in [0.2, 0.25) is 0 Å². The van der Waals surface area contributed by atoms with Crippen molar-refractivity contribution in [1.82, 2.24) is 34.9 Å². The van der Waals surface area contributed by atoms with Gasteiger partial charge in [-0.3, -0.25) is 14.4 Å². The van der Waals surface area contributed by atoms with Crippen molar-refractivity contribution in [3.63, 3.8) is 0 Å². The third kappa shape index (κ3) is 5.04. The summed E-state index contributed by atoms with van der Waals surface area (Å²) in [7, 11) is 1.46. The molecule has 0 atom stereocenters. The summed E-state index contributed by atoms with van der Waals surface area (Å²) in [5, 5.41) is 17.1. The molecule has 2 N–H and O–H groups in total. The highest BCUT2D eigenvalue weighted by Crippen LogP contribution is 2.32. The highest BCUT2D eigenvalue weighted by atomic mass is 16.5. The van der Waals surface area contributed by atoms with Crippen LogP contribution in [0.15, 0.2) is 54.6 Å². The molecule has 12 nitrogen and oxygen atoms in total. The number of H-pyrrole nitrogens is 1. The first kappa shape index (κ1) is 26.3. The van der Waals surface area contributed by atoms with Gasteiger partial charge in [0, 0.05) is 26.2 Å². The first-order chi connectivity index (χ1) is 19.4. The van der Waals surface area contributed by atoms with E-state index in [0.29, 0.717) is 59.8 Å². The summed E-state index contributed by atoms with van der Waals surface area (Å²) in [4.78, 5) is 51.1. The number of allylic oxidation sites excluding steroid dienone is 1. The number of carbonyl (C=O) groups is 3. The number of Topliss-reactive ketones (excluding diaryl/α,β-unsaturated/α-hetero) is 1. The van der Waals surface area contributed by atoms with Crippen LogP contribution in [0.1, 0.15) is 41.5 Å². The molecule has 0 unspecified atom stereocenters. The fourth-order valence-corrected chi connectivity index (χ4v) is 4.74. The molecule has 5 rings (SSSR count). The molecular weight excluding hydrogens is 512 g/mol. The van der Waals surface area contributed by atoms with E-state index in [9.17, 15) is 19.6 Å². The van der Waals surface area contributed by atoms with Gasteiger partial charge in [-0.1, -0.05) is 30.3 Å². The zero-order chi connectivity index (χ0) is 28.2. The van der Waals surface area contributed by atoms with E-state index < -0.39 is 11.7 Å². The Morgan fingerprint density at radius 3 is 2.58 bits per heavy atom. The Morgan fingerprint density at radius 1 is 1.15 bits per heavy atom. The minimum atomic E-state index is -0.678. The highest BCUT2D eigenvalue weighted by Gasteiger charge is 2.30. The number of nitrogens with zero attached hydrogens (tertiary/aromatic N) is 6. The molecule has 1 fully saturated rings. The Kier molecular flexibility index (Phi) is 7.37. The molecule has 202 valence electrons. The number of hydrogen-bond donors (Lipinski definition) is 2. The van der Waals surface area contributed by atoms with Gasteiger partial charge in [-0.05, 0) is 24.0 Å². The van der Waals surface area contributed by atoms with Crippen LogP contribution >= 0.6 is 0 Å². The molecule has 4 heterocycles. The summed E-state index contributed by atoms with van der Waals surface area (Å²) in [6.45, 7) is 2.22. The summed E-state index contributed by atoms with van der Waals surface area (Å²) in [5.41, 5.74) is 3.04. The van der Waals surface area contributed by atoms with Crippen molar-refractivity contribution in [3.8, 4) is 17.6 Å². The van der Waals surface area contributed by atoms with Crippen molar-refractivity contribution < 1.29 is 19.1 Å². The first-order valence-corrected chi connectivity index (χ1v) is 12.6. The van der Waals surface area contributed by atoms with Gasteiger partial charge in [-0.2, -0.15) is 5.26 Å². The third-order valence-electron chi connectivity index (χ3n) is 6.75. The molecular formula is C28H26N8O4. The second kappa shape index (κ2) is 11.2. The number of nitrogens with one attached hydrogen (secondary N) is 2. The lowest BCUT2D eigenvalue weighted by molar-refractivity contribution is -0.126. The molecule has 2 amide bonds. The number of rotatable bonds is 7. The van der Waals surface area contributed by atoms with Crippen LogP contribution in [0.3, 0.4) is 0 Å². The lowest BCUT2D eigenvalue weighted by Gasteiger charge is -2.28. The van der Waals surface area contributed by atoms with E-state index >= 15 is 0 Å². The van der Waals surface area contributed by atoms with Crippen molar-refractivity contribution in [1.29, 1.82) is 5.26 Å². The van der Waals surface area contributed by atoms with E-state index in [0.717, 1.165) is 11.1 Å². The maximum Gasteiger partial charge on any atom is 0.295 e. The number of carbonyl (C=O) groups excluding carboxylic acids is 3. The molecule has 40 heavy (non-hydrogen) atoms. The predicted octanol–water partition coefficient (Wildman–Crippen LogP) is 2.57. The number of nitriles is 1. The summed E-state index contributed by atoms with van der Waals surface area (Å²) < 4.78 is 6.89. The summed E-state index contributed by atoms with van der Waals surface area (Å²) in [6, 6.07) is 11.7. The number of ketones is 1. The molecule has 0 aliphatic carbocycles. The van der Waals surface area contributed by atoms with Gasteiger partial charge in [0.05, 0.1) is 48.0 Å². The smallest absolute Gasteiger partial charge is 0.295 e. The minimum absolute atomic E-state index is 0.151. The van der Waals surface area contributed by atoms with Gasteiger partial charge in [-0.15, -0.1) is 5.10 Å². The third-order valence-corrected chi connectivity index (χ3v) is 6.75. The number of benzene rings is 1. The topological polar surface area (TPSA) is 159 Å². The highest BCUT2D eigenvalue weighted by molar-refractivity contribution is 6.45. The van der Waals surface area contributed by atoms with E-state index in [1.54, 1.807) is 0 Å². The van der Waals surface area contributed by atoms with E-state index in [1.165, 1.54) is 42.3 Å².